The minimum atomic E-state index is 0.0324. The van der Waals surface area contributed by atoms with Crippen LogP contribution in [0.15, 0.2) is 66.7 Å². The van der Waals surface area contributed by atoms with Crippen LogP contribution in [0.1, 0.15) is 64.6 Å². The second-order valence-electron chi connectivity index (χ2n) is 9.08. The number of carbonyl (C=O) groups excluding carboxylic acids is 1. The Morgan fingerprint density at radius 1 is 1.00 bits per heavy atom. The highest BCUT2D eigenvalue weighted by molar-refractivity contribution is 5.99. The van der Waals surface area contributed by atoms with Crippen LogP contribution in [0.3, 0.4) is 0 Å². The van der Waals surface area contributed by atoms with Crippen LogP contribution in [0.5, 0.6) is 0 Å². The Bertz CT molecular complexity index is 1320. The first kappa shape index (κ1) is 19.3. The molecule has 4 heteroatoms. The molecule has 2 atom stereocenters. The van der Waals surface area contributed by atoms with E-state index in [0.717, 1.165) is 24.0 Å². The highest BCUT2D eigenvalue weighted by Crippen LogP contribution is 2.38. The molecule has 1 aliphatic carbocycles. The second kappa shape index (κ2) is 7.64. The highest BCUT2D eigenvalue weighted by Gasteiger charge is 2.26. The Labute approximate surface area is 188 Å². The zero-order chi connectivity index (χ0) is 21.7. The molecule has 1 unspecified atom stereocenters. The molecular weight excluding hydrogens is 394 g/mol. The fourth-order valence-electron chi connectivity index (χ4n) is 5.36. The summed E-state index contributed by atoms with van der Waals surface area (Å²) in [5.41, 5.74) is 9.58. The maximum atomic E-state index is 11.9. The monoisotopic (exact) mass is 421 g/mol. The van der Waals surface area contributed by atoms with Crippen molar-refractivity contribution in [2.24, 2.45) is 0 Å². The Kier molecular flexibility index (Phi) is 4.62. The zero-order valence-corrected chi connectivity index (χ0v) is 18.2. The lowest BCUT2D eigenvalue weighted by molar-refractivity contribution is 0.0966. The van der Waals surface area contributed by atoms with Crippen LogP contribution in [-0.4, -0.2) is 10.9 Å². The first-order chi connectivity index (χ1) is 15.7. The maximum Gasteiger partial charge on any atom is 0.251 e. The number of carbonyl (C=O) groups is 1. The van der Waals surface area contributed by atoms with Crippen LogP contribution in [0, 0.1) is 0 Å². The van der Waals surface area contributed by atoms with Crippen molar-refractivity contribution in [1.29, 1.82) is 0 Å². The molecule has 160 valence electrons. The van der Waals surface area contributed by atoms with Crippen LogP contribution in [0.4, 0.5) is 0 Å². The number of benzene rings is 3. The standard InChI is InChI=1S/C28H27N3O/c1-17(18-6-3-2-4-7-18)30-26-9-5-8-23-24-15-20(11-13-25(24)31-27(23)26)19-10-12-22-21(14-19)16-29-28(22)32/h2-4,6-7,10-15,17,26,30-31H,5,8-9,16H2,1H3,(H,29,32)/t17-,26?/m0/s1. The van der Waals surface area contributed by atoms with Gasteiger partial charge in [0.2, 0.25) is 0 Å². The largest absolute Gasteiger partial charge is 0.357 e. The van der Waals surface area contributed by atoms with Crippen LogP contribution in [0.25, 0.3) is 22.0 Å². The summed E-state index contributed by atoms with van der Waals surface area (Å²) in [6.45, 7) is 2.87. The van der Waals surface area contributed by atoms with E-state index in [0.29, 0.717) is 18.6 Å². The van der Waals surface area contributed by atoms with Crippen LogP contribution in [-0.2, 0) is 13.0 Å². The van der Waals surface area contributed by atoms with Gasteiger partial charge in [0.1, 0.15) is 0 Å². The van der Waals surface area contributed by atoms with E-state index in [1.54, 1.807) is 0 Å². The van der Waals surface area contributed by atoms with E-state index in [2.05, 4.69) is 83.2 Å². The van der Waals surface area contributed by atoms with Crippen molar-refractivity contribution in [1.82, 2.24) is 15.6 Å². The number of rotatable bonds is 4. The number of amides is 1. The van der Waals surface area contributed by atoms with Gasteiger partial charge in [-0.15, -0.1) is 0 Å². The van der Waals surface area contributed by atoms with Crippen molar-refractivity contribution in [3.63, 3.8) is 0 Å². The van der Waals surface area contributed by atoms with E-state index in [4.69, 9.17) is 0 Å². The van der Waals surface area contributed by atoms with Crippen molar-refractivity contribution in [3.05, 3.63) is 94.7 Å². The summed E-state index contributed by atoms with van der Waals surface area (Å²) in [4.78, 5) is 15.6. The molecule has 6 rings (SSSR count). The van der Waals surface area contributed by atoms with Gasteiger partial charge >= 0.3 is 0 Å². The fraction of sp³-hybridized carbons (Fsp3) is 0.250. The van der Waals surface area contributed by atoms with Gasteiger partial charge in [-0.1, -0.05) is 42.5 Å². The average Bonchev–Trinajstić information content (AvgIpc) is 3.40. The SMILES string of the molecule is C[C@H](NC1CCCc2c1[nH]c1ccc(-c3ccc4c(c3)CNC4=O)cc21)c1ccccc1. The van der Waals surface area contributed by atoms with Gasteiger partial charge in [0.05, 0.1) is 0 Å². The lowest BCUT2D eigenvalue weighted by Gasteiger charge is -2.27. The predicted octanol–water partition coefficient (Wildman–Crippen LogP) is 5.81. The van der Waals surface area contributed by atoms with E-state index < -0.39 is 0 Å². The number of nitrogens with one attached hydrogen (secondary N) is 3. The van der Waals surface area contributed by atoms with Crippen molar-refractivity contribution in [2.45, 2.75) is 44.8 Å². The maximum absolute atomic E-state index is 11.9. The summed E-state index contributed by atoms with van der Waals surface area (Å²) >= 11 is 0. The van der Waals surface area contributed by atoms with Gasteiger partial charge in [-0.05, 0) is 78.3 Å². The molecule has 0 saturated carbocycles. The smallest absolute Gasteiger partial charge is 0.251 e. The number of hydrogen-bond donors (Lipinski definition) is 3. The molecular formula is C28H27N3O. The van der Waals surface area contributed by atoms with Gasteiger partial charge in [-0.3, -0.25) is 4.79 Å². The van der Waals surface area contributed by atoms with Crippen molar-refractivity contribution >= 4 is 16.8 Å². The third-order valence-electron chi connectivity index (χ3n) is 7.08. The lowest BCUT2D eigenvalue weighted by Crippen LogP contribution is -2.27. The number of hydrogen-bond acceptors (Lipinski definition) is 2. The fourth-order valence-corrected chi connectivity index (χ4v) is 5.36. The molecule has 1 amide bonds. The Hall–Kier alpha value is -3.37. The van der Waals surface area contributed by atoms with E-state index >= 15 is 0 Å². The van der Waals surface area contributed by atoms with Gasteiger partial charge in [0.15, 0.2) is 0 Å². The van der Waals surface area contributed by atoms with Crippen LogP contribution >= 0.6 is 0 Å². The third-order valence-corrected chi connectivity index (χ3v) is 7.08. The molecule has 1 aliphatic heterocycles. The minimum Gasteiger partial charge on any atom is -0.357 e. The normalized spacial score (nSPS) is 18.3. The second-order valence-corrected chi connectivity index (χ2v) is 9.08. The van der Waals surface area contributed by atoms with E-state index in [1.165, 1.54) is 45.3 Å². The Morgan fingerprint density at radius 3 is 2.69 bits per heavy atom. The van der Waals surface area contributed by atoms with E-state index in [9.17, 15) is 4.79 Å². The number of aromatic nitrogens is 1. The summed E-state index contributed by atoms with van der Waals surface area (Å²) in [5, 5.41) is 8.10. The molecule has 32 heavy (non-hydrogen) atoms. The number of aryl methyl sites for hydroxylation is 1. The summed E-state index contributed by atoms with van der Waals surface area (Å²) in [7, 11) is 0. The average molecular weight is 422 g/mol. The number of H-pyrrole nitrogens is 1. The summed E-state index contributed by atoms with van der Waals surface area (Å²) in [5.74, 6) is 0.0324. The number of fused-ring (bicyclic) bond motifs is 4. The molecule has 4 nitrogen and oxygen atoms in total. The molecule has 2 aliphatic rings. The molecule has 0 radical (unpaired) electrons. The highest BCUT2D eigenvalue weighted by atomic mass is 16.1. The first-order valence-corrected chi connectivity index (χ1v) is 11.5. The van der Waals surface area contributed by atoms with E-state index in [1.807, 2.05) is 6.07 Å². The Morgan fingerprint density at radius 2 is 1.81 bits per heavy atom. The molecule has 0 fully saturated rings. The van der Waals surface area contributed by atoms with Crippen LogP contribution < -0.4 is 10.6 Å². The summed E-state index contributed by atoms with van der Waals surface area (Å²) < 4.78 is 0. The first-order valence-electron chi connectivity index (χ1n) is 11.5. The van der Waals surface area contributed by atoms with Crippen molar-refractivity contribution in [3.8, 4) is 11.1 Å². The van der Waals surface area contributed by atoms with Crippen LogP contribution in [0.2, 0.25) is 0 Å². The molecule has 0 saturated heterocycles. The van der Waals surface area contributed by atoms with Gasteiger partial charge < -0.3 is 15.6 Å². The van der Waals surface area contributed by atoms with Gasteiger partial charge in [-0.2, -0.15) is 0 Å². The molecule has 3 aromatic carbocycles. The molecule has 0 bridgehead atoms. The lowest BCUT2D eigenvalue weighted by atomic mass is 9.90. The molecule has 1 aromatic heterocycles. The Balaban J connectivity index is 1.34. The van der Waals surface area contributed by atoms with Crippen molar-refractivity contribution < 1.29 is 4.79 Å². The topological polar surface area (TPSA) is 56.9 Å². The molecule has 2 heterocycles. The van der Waals surface area contributed by atoms with Gasteiger partial charge in [0, 0.05) is 40.8 Å². The summed E-state index contributed by atoms with van der Waals surface area (Å²) in [6, 6.07) is 24.2. The van der Waals surface area contributed by atoms with Gasteiger partial charge in [-0.25, -0.2) is 0 Å². The predicted molar refractivity (Wildman–Crippen MR) is 129 cm³/mol. The number of aromatic amines is 1. The molecule has 3 N–H and O–H groups in total. The quantitative estimate of drug-likeness (QED) is 0.390. The summed E-state index contributed by atoms with van der Waals surface area (Å²) in [6.07, 6.45) is 3.45. The minimum absolute atomic E-state index is 0.0324. The van der Waals surface area contributed by atoms with Crippen molar-refractivity contribution in [2.75, 3.05) is 0 Å². The molecule has 4 aromatic rings. The van der Waals surface area contributed by atoms with E-state index in [-0.39, 0.29) is 5.91 Å². The zero-order valence-electron chi connectivity index (χ0n) is 18.2. The molecule has 0 spiro atoms. The third kappa shape index (κ3) is 3.23. The van der Waals surface area contributed by atoms with Gasteiger partial charge in [0.25, 0.3) is 5.91 Å².